The fraction of sp³-hybridized carbons (Fsp3) is 0.647. The molecule has 0 heterocycles. The average molecular weight is 260 g/mol. The van der Waals surface area contributed by atoms with E-state index in [1.54, 1.807) is 0 Å². The van der Waals surface area contributed by atoms with Crippen LogP contribution in [0.4, 0.5) is 0 Å². The van der Waals surface area contributed by atoms with Crippen LogP contribution in [0.25, 0.3) is 0 Å². The summed E-state index contributed by atoms with van der Waals surface area (Å²) >= 11 is 0. The van der Waals surface area contributed by atoms with Gasteiger partial charge in [0.2, 0.25) is 0 Å². The van der Waals surface area contributed by atoms with Crippen LogP contribution >= 0.6 is 0 Å². The SMILES string of the molecule is CCCN(C1CC1)C(CNC(C)C)c1ccccc1. The summed E-state index contributed by atoms with van der Waals surface area (Å²) in [6, 6.07) is 12.9. The minimum absolute atomic E-state index is 0.524. The number of hydrogen-bond donors (Lipinski definition) is 1. The van der Waals surface area contributed by atoms with Crippen LogP contribution in [0.5, 0.6) is 0 Å². The van der Waals surface area contributed by atoms with Crippen LogP contribution < -0.4 is 5.32 Å². The van der Waals surface area contributed by atoms with Crippen LogP contribution in [0.2, 0.25) is 0 Å². The van der Waals surface area contributed by atoms with Gasteiger partial charge in [-0.2, -0.15) is 0 Å². The van der Waals surface area contributed by atoms with E-state index in [4.69, 9.17) is 0 Å². The second-order valence-electron chi connectivity index (χ2n) is 5.96. The Balaban J connectivity index is 2.12. The Labute approximate surface area is 118 Å². The zero-order chi connectivity index (χ0) is 13.7. The first-order valence-electron chi connectivity index (χ1n) is 7.76. The minimum Gasteiger partial charge on any atom is -0.313 e. The average Bonchev–Trinajstić information content (AvgIpc) is 3.23. The maximum atomic E-state index is 3.62. The van der Waals surface area contributed by atoms with Gasteiger partial charge in [-0.25, -0.2) is 0 Å². The van der Waals surface area contributed by atoms with Gasteiger partial charge in [0.15, 0.2) is 0 Å². The molecule has 1 aliphatic rings. The first kappa shape index (κ1) is 14.5. The third kappa shape index (κ3) is 4.32. The van der Waals surface area contributed by atoms with Gasteiger partial charge in [0, 0.05) is 24.7 Å². The van der Waals surface area contributed by atoms with Gasteiger partial charge in [0.25, 0.3) is 0 Å². The molecule has 1 fully saturated rings. The zero-order valence-corrected chi connectivity index (χ0v) is 12.6. The largest absolute Gasteiger partial charge is 0.313 e. The summed E-state index contributed by atoms with van der Waals surface area (Å²) in [5.41, 5.74) is 1.45. The maximum absolute atomic E-state index is 3.62. The molecule has 0 bridgehead atoms. The van der Waals surface area contributed by atoms with E-state index in [2.05, 4.69) is 61.3 Å². The van der Waals surface area contributed by atoms with Crippen molar-refractivity contribution in [3.05, 3.63) is 35.9 Å². The molecule has 106 valence electrons. The Kier molecular flexibility index (Phi) is 5.41. The third-order valence-electron chi connectivity index (χ3n) is 3.80. The van der Waals surface area contributed by atoms with Gasteiger partial charge in [-0.15, -0.1) is 0 Å². The van der Waals surface area contributed by atoms with E-state index < -0.39 is 0 Å². The summed E-state index contributed by atoms with van der Waals surface area (Å²) in [5.74, 6) is 0. The van der Waals surface area contributed by atoms with Crippen molar-refractivity contribution in [2.75, 3.05) is 13.1 Å². The van der Waals surface area contributed by atoms with Gasteiger partial charge in [0.1, 0.15) is 0 Å². The predicted octanol–water partition coefficient (Wildman–Crippen LogP) is 3.60. The predicted molar refractivity (Wildman–Crippen MR) is 82.3 cm³/mol. The Morgan fingerprint density at radius 1 is 1.21 bits per heavy atom. The summed E-state index contributed by atoms with van der Waals surface area (Å²) < 4.78 is 0. The lowest BCUT2D eigenvalue weighted by Gasteiger charge is -2.33. The number of hydrogen-bond acceptors (Lipinski definition) is 2. The van der Waals surface area contributed by atoms with Crippen LogP contribution in [0, 0.1) is 0 Å². The van der Waals surface area contributed by atoms with E-state index >= 15 is 0 Å². The lowest BCUT2D eigenvalue weighted by atomic mass is 10.0. The van der Waals surface area contributed by atoms with Crippen molar-refractivity contribution in [2.24, 2.45) is 0 Å². The molecular formula is C17H28N2. The van der Waals surface area contributed by atoms with Crippen molar-refractivity contribution in [1.29, 1.82) is 0 Å². The lowest BCUT2D eigenvalue weighted by Crippen LogP contribution is -2.39. The lowest BCUT2D eigenvalue weighted by molar-refractivity contribution is 0.180. The first-order valence-corrected chi connectivity index (χ1v) is 7.76. The molecule has 0 aromatic heterocycles. The molecule has 0 aliphatic heterocycles. The van der Waals surface area contributed by atoms with Gasteiger partial charge in [-0.1, -0.05) is 51.1 Å². The van der Waals surface area contributed by atoms with Crippen LogP contribution in [0.15, 0.2) is 30.3 Å². The van der Waals surface area contributed by atoms with Crippen molar-refractivity contribution in [2.45, 2.75) is 58.2 Å². The van der Waals surface area contributed by atoms with Gasteiger partial charge in [0.05, 0.1) is 0 Å². The van der Waals surface area contributed by atoms with E-state index in [9.17, 15) is 0 Å². The van der Waals surface area contributed by atoms with Gasteiger partial charge in [-0.05, 0) is 31.4 Å². The number of rotatable bonds is 8. The van der Waals surface area contributed by atoms with E-state index in [0.29, 0.717) is 12.1 Å². The summed E-state index contributed by atoms with van der Waals surface area (Å²) in [4.78, 5) is 2.71. The second-order valence-corrected chi connectivity index (χ2v) is 5.96. The molecule has 0 saturated heterocycles. The van der Waals surface area contributed by atoms with Crippen molar-refractivity contribution in [1.82, 2.24) is 10.2 Å². The molecule has 1 aliphatic carbocycles. The molecule has 1 saturated carbocycles. The van der Waals surface area contributed by atoms with E-state index in [1.807, 2.05) is 0 Å². The summed E-state index contributed by atoms with van der Waals surface area (Å²) in [5, 5.41) is 3.62. The van der Waals surface area contributed by atoms with E-state index in [-0.39, 0.29) is 0 Å². The molecule has 1 aromatic rings. The standard InChI is InChI=1S/C17H28N2/c1-4-12-19(16-10-11-16)17(13-18-14(2)3)15-8-6-5-7-9-15/h5-9,14,16-18H,4,10-13H2,1-3H3. The highest BCUT2D eigenvalue weighted by atomic mass is 15.2. The van der Waals surface area contributed by atoms with Gasteiger partial charge < -0.3 is 5.32 Å². The van der Waals surface area contributed by atoms with E-state index in [0.717, 1.165) is 12.6 Å². The molecule has 1 N–H and O–H groups in total. The van der Waals surface area contributed by atoms with Crippen LogP contribution in [0.1, 0.15) is 51.6 Å². The highest BCUT2D eigenvalue weighted by Crippen LogP contribution is 2.34. The fourth-order valence-electron chi connectivity index (χ4n) is 2.71. The van der Waals surface area contributed by atoms with E-state index in [1.165, 1.54) is 31.4 Å². The maximum Gasteiger partial charge on any atom is 0.0475 e. The smallest absolute Gasteiger partial charge is 0.0475 e. The van der Waals surface area contributed by atoms with Crippen LogP contribution in [-0.2, 0) is 0 Å². The Bertz CT molecular complexity index is 357. The summed E-state index contributed by atoms with van der Waals surface area (Å²) in [7, 11) is 0. The summed E-state index contributed by atoms with van der Waals surface area (Å²) in [6.45, 7) is 9.00. The molecule has 0 radical (unpaired) electrons. The van der Waals surface area contributed by atoms with Crippen LogP contribution in [-0.4, -0.2) is 30.1 Å². The molecule has 2 nitrogen and oxygen atoms in total. The molecule has 1 atom stereocenters. The highest BCUT2D eigenvalue weighted by molar-refractivity contribution is 5.20. The van der Waals surface area contributed by atoms with Gasteiger partial charge in [-0.3, -0.25) is 4.90 Å². The number of benzene rings is 1. The van der Waals surface area contributed by atoms with Crippen molar-refractivity contribution in [3.63, 3.8) is 0 Å². The van der Waals surface area contributed by atoms with Crippen LogP contribution in [0.3, 0.4) is 0 Å². The molecular weight excluding hydrogens is 232 g/mol. The molecule has 19 heavy (non-hydrogen) atoms. The topological polar surface area (TPSA) is 15.3 Å². The first-order chi connectivity index (χ1) is 9.22. The van der Waals surface area contributed by atoms with Gasteiger partial charge >= 0.3 is 0 Å². The third-order valence-corrected chi connectivity index (χ3v) is 3.80. The fourth-order valence-corrected chi connectivity index (χ4v) is 2.71. The second kappa shape index (κ2) is 7.06. The normalized spacial score (nSPS) is 17.1. The molecule has 1 unspecified atom stereocenters. The molecule has 2 rings (SSSR count). The number of nitrogens with one attached hydrogen (secondary N) is 1. The Hall–Kier alpha value is -0.860. The highest BCUT2D eigenvalue weighted by Gasteiger charge is 2.33. The zero-order valence-electron chi connectivity index (χ0n) is 12.6. The Morgan fingerprint density at radius 2 is 1.89 bits per heavy atom. The molecule has 0 amide bonds. The molecule has 0 spiro atoms. The summed E-state index contributed by atoms with van der Waals surface area (Å²) in [6.07, 6.45) is 4.00. The number of nitrogens with zero attached hydrogens (tertiary/aromatic N) is 1. The van der Waals surface area contributed by atoms with Crippen molar-refractivity contribution < 1.29 is 0 Å². The Morgan fingerprint density at radius 3 is 2.42 bits per heavy atom. The minimum atomic E-state index is 0.524. The quantitative estimate of drug-likeness (QED) is 0.768. The van der Waals surface area contributed by atoms with Crippen molar-refractivity contribution in [3.8, 4) is 0 Å². The molecule has 2 heteroatoms. The monoisotopic (exact) mass is 260 g/mol. The molecule has 1 aromatic carbocycles. The van der Waals surface area contributed by atoms with Crippen molar-refractivity contribution >= 4 is 0 Å².